The Kier molecular flexibility index (Phi) is 8.53. The van der Waals surface area contributed by atoms with E-state index in [-0.39, 0.29) is 24.3 Å². The first kappa shape index (κ1) is 24.2. The van der Waals surface area contributed by atoms with Crippen molar-refractivity contribution in [3.63, 3.8) is 0 Å². The molecule has 0 saturated heterocycles. The number of amides is 2. The number of carbonyl (C=O) groups is 2. The van der Waals surface area contributed by atoms with Crippen LogP contribution in [0.4, 0.5) is 0 Å². The SMILES string of the molecule is O=C(NC1CCCC1)[C@H](Cc1ccccc1)N(Cc1cccc(Br)c1)C(=O)Cc1ccccc1. The molecule has 3 aromatic rings. The van der Waals surface area contributed by atoms with Gasteiger partial charge in [0.1, 0.15) is 6.04 Å². The highest BCUT2D eigenvalue weighted by Crippen LogP contribution is 2.21. The molecule has 176 valence electrons. The molecule has 4 nitrogen and oxygen atoms in total. The van der Waals surface area contributed by atoms with Crippen molar-refractivity contribution in [3.05, 3.63) is 106 Å². The van der Waals surface area contributed by atoms with Gasteiger partial charge < -0.3 is 10.2 Å². The first-order valence-corrected chi connectivity index (χ1v) is 12.8. The normalized spacial score (nSPS) is 14.5. The van der Waals surface area contributed by atoms with Crippen LogP contribution in [0, 0.1) is 0 Å². The molecule has 1 atom stereocenters. The van der Waals surface area contributed by atoms with Gasteiger partial charge in [-0.1, -0.05) is 102 Å². The summed E-state index contributed by atoms with van der Waals surface area (Å²) >= 11 is 3.54. The van der Waals surface area contributed by atoms with Crippen LogP contribution in [-0.2, 0) is 29.0 Å². The van der Waals surface area contributed by atoms with E-state index in [1.165, 1.54) is 0 Å². The molecule has 2 amide bonds. The van der Waals surface area contributed by atoms with E-state index in [0.717, 1.165) is 46.8 Å². The quantitative estimate of drug-likeness (QED) is 0.395. The van der Waals surface area contributed by atoms with Gasteiger partial charge in [-0.15, -0.1) is 0 Å². The third-order valence-electron chi connectivity index (χ3n) is 6.41. The van der Waals surface area contributed by atoms with Gasteiger partial charge in [-0.3, -0.25) is 9.59 Å². The number of benzene rings is 3. The summed E-state index contributed by atoms with van der Waals surface area (Å²) < 4.78 is 0.954. The topological polar surface area (TPSA) is 49.4 Å². The summed E-state index contributed by atoms with van der Waals surface area (Å²) in [6, 6.07) is 27.3. The van der Waals surface area contributed by atoms with Gasteiger partial charge in [0, 0.05) is 23.5 Å². The van der Waals surface area contributed by atoms with Gasteiger partial charge in [0.15, 0.2) is 0 Å². The molecular weight excluding hydrogens is 488 g/mol. The standard InChI is InChI=1S/C29H31BrN2O2/c30-25-15-9-14-24(18-25)21-32(28(33)20-23-12-5-2-6-13-23)27(19-22-10-3-1-4-11-22)29(34)31-26-16-7-8-17-26/h1-6,9-15,18,26-27H,7-8,16-17,19-21H2,(H,31,34)/t27-/m0/s1. The summed E-state index contributed by atoms with van der Waals surface area (Å²) in [6.45, 7) is 0.376. The second-order valence-electron chi connectivity index (χ2n) is 9.01. The van der Waals surface area contributed by atoms with Gasteiger partial charge in [-0.25, -0.2) is 0 Å². The fourth-order valence-electron chi connectivity index (χ4n) is 4.63. The summed E-state index contributed by atoms with van der Waals surface area (Å²) in [5.74, 6) is -0.110. The summed E-state index contributed by atoms with van der Waals surface area (Å²) in [5, 5.41) is 3.25. The number of hydrogen-bond donors (Lipinski definition) is 1. The predicted octanol–water partition coefficient (Wildman–Crippen LogP) is 5.69. The van der Waals surface area contributed by atoms with Crippen LogP contribution in [0.25, 0.3) is 0 Å². The van der Waals surface area contributed by atoms with Crippen molar-refractivity contribution in [3.8, 4) is 0 Å². The molecule has 1 N–H and O–H groups in total. The Morgan fingerprint density at radius 3 is 2.12 bits per heavy atom. The molecule has 0 radical (unpaired) electrons. The van der Waals surface area contributed by atoms with Crippen molar-refractivity contribution in [2.75, 3.05) is 0 Å². The first-order chi connectivity index (χ1) is 16.6. The summed E-state index contributed by atoms with van der Waals surface area (Å²) in [7, 11) is 0. The number of nitrogens with zero attached hydrogens (tertiary/aromatic N) is 1. The zero-order valence-corrected chi connectivity index (χ0v) is 20.9. The Balaban J connectivity index is 1.65. The Hall–Kier alpha value is -2.92. The molecule has 1 fully saturated rings. The minimum Gasteiger partial charge on any atom is -0.352 e. The maximum Gasteiger partial charge on any atom is 0.243 e. The van der Waals surface area contributed by atoms with Gasteiger partial charge in [-0.2, -0.15) is 0 Å². The second kappa shape index (κ2) is 12.0. The Bertz CT molecular complexity index is 1080. The minimum atomic E-state index is -0.585. The number of halogens is 1. The lowest BCUT2D eigenvalue weighted by Crippen LogP contribution is -2.52. The van der Waals surface area contributed by atoms with Crippen molar-refractivity contribution in [1.82, 2.24) is 10.2 Å². The summed E-state index contributed by atoms with van der Waals surface area (Å²) in [5.41, 5.74) is 2.98. The fourth-order valence-corrected chi connectivity index (χ4v) is 5.07. The van der Waals surface area contributed by atoms with E-state index in [4.69, 9.17) is 0 Å². The first-order valence-electron chi connectivity index (χ1n) is 12.0. The van der Waals surface area contributed by atoms with Crippen molar-refractivity contribution in [2.24, 2.45) is 0 Å². The molecule has 34 heavy (non-hydrogen) atoms. The molecule has 1 aliphatic carbocycles. The van der Waals surface area contributed by atoms with Crippen molar-refractivity contribution >= 4 is 27.7 Å². The largest absolute Gasteiger partial charge is 0.352 e. The molecule has 0 heterocycles. The van der Waals surface area contributed by atoms with E-state index in [9.17, 15) is 9.59 Å². The molecule has 0 aromatic heterocycles. The van der Waals surface area contributed by atoms with Gasteiger partial charge >= 0.3 is 0 Å². The maximum absolute atomic E-state index is 13.7. The predicted molar refractivity (Wildman–Crippen MR) is 139 cm³/mol. The van der Waals surface area contributed by atoms with Crippen LogP contribution >= 0.6 is 15.9 Å². The van der Waals surface area contributed by atoms with Crippen LogP contribution in [0.1, 0.15) is 42.4 Å². The van der Waals surface area contributed by atoms with E-state index in [2.05, 4.69) is 21.2 Å². The Morgan fingerprint density at radius 1 is 0.853 bits per heavy atom. The molecule has 5 heteroatoms. The third-order valence-corrected chi connectivity index (χ3v) is 6.91. The minimum absolute atomic E-state index is 0.0475. The van der Waals surface area contributed by atoms with Crippen LogP contribution in [0.3, 0.4) is 0 Å². The van der Waals surface area contributed by atoms with E-state index in [1.807, 2.05) is 84.9 Å². The molecule has 0 aliphatic heterocycles. The highest BCUT2D eigenvalue weighted by molar-refractivity contribution is 9.10. The lowest BCUT2D eigenvalue weighted by Gasteiger charge is -2.32. The Labute approximate surface area is 210 Å². The van der Waals surface area contributed by atoms with Crippen LogP contribution in [-0.4, -0.2) is 28.8 Å². The van der Waals surface area contributed by atoms with Crippen LogP contribution in [0.15, 0.2) is 89.4 Å². The summed E-state index contributed by atoms with van der Waals surface area (Å²) in [6.07, 6.45) is 5.04. The van der Waals surface area contributed by atoms with E-state index >= 15 is 0 Å². The molecule has 0 bridgehead atoms. The van der Waals surface area contributed by atoms with E-state index in [0.29, 0.717) is 13.0 Å². The molecule has 0 unspecified atom stereocenters. The number of rotatable bonds is 9. The Morgan fingerprint density at radius 2 is 1.47 bits per heavy atom. The smallest absolute Gasteiger partial charge is 0.243 e. The van der Waals surface area contributed by atoms with Gasteiger partial charge in [-0.05, 0) is 41.7 Å². The lowest BCUT2D eigenvalue weighted by molar-refractivity contribution is -0.141. The maximum atomic E-state index is 13.7. The average Bonchev–Trinajstić information content (AvgIpc) is 3.35. The molecule has 4 rings (SSSR count). The number of nitrogens with one attached hydrogen (secondary N) is 1. The van der Waals surface area contributed by atoms with Crippen molar-refractivity contribution < 1.29 is 9.59 Å². The van der Waals surface area contributed by atoms with Crippen molar-refractivity contribution in [2.45, 2.75) is 57.2 Å². The van der Waals surface area contributed by atoms with Gasteiger partial charge in [0.05, 0.1) is 6.42 Å². The highest BCUT2D eigenvalue weighted by Gasteiger charge is 2.32. The molecule has 3 aromatic carbocycles. The summed E-state index contributed by atoms with van der Waals surface area (Å²) in [4.78, 5) is 29.1. The van der Waals surface area contributed by atoms with E-state index < -0.39 is 6.04 Å². The molecular formula is C29H31BrN2O2. The van der Waals surface area contributed by atoms with Crippen LogP contribution < -0.4 is 5.32 Å². The third kappa shape index (κ3) is 6.80. The molecule has 0 spiro atoms. The van der Waals surface area contributed by atoms with Gasteiger partial charge in [0.25, 0.3) is 0 Å². The number of hydrogen-bond acceptors (Lipinski definition) is 2. The lowest BCUT2D eigenvalue weighted by atomic mass is 10.0. The molecule has 1 aliphatic rings. The van der Waals surface area contributed by atoms with Gasteiger partial charge in [0.2, 0.25) is 11.8 Å². The zero-order chi connectivity index (χ0) is 23.8. The number of carbonyl (C=O) groups excluding carboxylic acids is 2. The van der Waals surface area contributed by atoms with Crippen molar-refractivity contribution in [1.29, 1.82) is 0 Å². The fraction of sp³-hybridized carbons (Fsp3) is 0.310. The van der Waals surface area contributed by atoms with Crippen LogP contribution in [0.2, 0.25) is 0 Å². The average molecular weight is 519 g/mol. The molecule has 1 saturated carbocycles. The van der Waals surface area contributed by atoms with Crippen LogP contribution in [0.5, 0.6) is 0 Å². The van der Waals surface area contributed by atoms with E-state index in [1.54, 1.807) is 4.90 Å². The highest BCUT2D eigenvalue weighted by atomic mass is 79.9. The zero-order valence-electron chi connectivity index (χ0n) is 19.3. The second-order valence-corrected chi connectivity index (χ2v) is 9.93. The monoisotopic (exact) mass is 518 g/mol.